The van der Waals surface area contributed by atoms with E-state index in [1.54, 1.807) is 12.1 Å². The fourth-order valence-electron chi connectivity index (χ4n) is 2.90. The van der Waals surface area contributed by atoms with Crippen LogP contribution in [0.15, 0.2) is 48.5 Å². The number of nitrogens with one attached hydrogen (secondary N) is 1. The van der Waals surface area contributed by atoms with Crippen LogP contribution in [-0.4, -0.2) is 11.1 Å². The summed E-state index contributed by atoms with van der Waals surface area (Å²) in [5, 5.41) is 13.0. The lowest BCUT2D eigenvalue weighted by Crippen LogP contribution is -2.28. The van der Waals surface area contributed by atoms with Crippen LogP contribution < -0.4 is 5.32 Å². The Kier molecular flexibility index (Phi) is 4.56. The summed E-state index contributed by atoms with van der Waals surface area (Å²) in [7, 11) is 0. The van der Waals surface area contributed by atoms with Crippen molar-refractivity contribution in [3.8, 4) is 5.75 Å². The fourth-order valence-corrected chi connectivity index (χ4v) is 2.90. The SMILES string of the molecule is Cc1cc(O)ccc1NC(C)CC(C)(C)c1ccccc1. The number of anilines is 1. The maximum atomic E-state index is 9.48. The monoisotopic (exact) mass is 283 g/mol. The third-order valence-electron chi connectivity index (χ3n) is 3.98. The number of rotatable bonds is 5. The van der Waals surface area contributed by atoms with Crippen LogP contribution in [-0.2, 0) is 5.41 Å². The number of aromatic hydroxyl groups is 1. The van der Waals surface area contributed by atoms with Crippen molar-refractivity contribution >= 4 is 5.69 Å². The van der Waals surface area contributed by atoms with Crippen molar-refractivity contribution in [1.29, 1.82) is 0 Å². The van der Waals surface area contributed by atoms with Crippen molar-refractivity contribution in [1.82, 2.24) is 0 Å². The molecule has 1 unspecified atom stereocenters. The second-order valence-electron chi connectivity index (χ2n) is 6.50. The molecule has 0 saturated heterocycles. The van der Waals surface area contributed by atoms with Gasteiger partial charge in [0.05, 0.1) is 0 Å². The smallest absolute Gasteiger partial charge is 0.115 e. The van der Waals surface area contributed by atoms with Crippen LogP contribution in [0.5, 0.6) is 5.75 Å². The van der Waals surface area contributed by atoms with Crippen LogP contribution in [0.3, 0.4) is 0 Å². The molecule has 0 aromatic heterocycles. The molecule has 0 radical (unpaired) electrons. The summed E-state index contributed by atoms with van der Waals surface area (Å²) in [6, 6.07) is 16.4. The van der Waals surface area contributed by atoms with Gasteiger partial charge in [-0.25, -0.2) is 0 Å². The van der Waals surface area contributed by atoms with Gasteiger partial charge in [-0.2, -0.15) is 0 Å². The van der Waals surface area contributed by atoms with Gasteiger partial charge >= 0.3 is 0 Å². The van der Waals surface area contributed by atoms with E-state index < -0.39 is 0 Å². The zero-order chi connectivity index (χ0) is 15.5. The van der Waals surface area contributed by atoms with Gasteiger partial charge < -0.3 is 10.4 Å². The van der Waals surface area contributed by atoms with E-state index in [1.165, 1.54) is 5.56 Å². The van der Waals surface area contributed by atoms with Crippen LogP contribution in [0.25, 0.3) is 0 Å². The predicted octanol–water partition coefficient (Wildman–Crippen LogP) is 4.87. The summed E-state index contributed by atoms with van der Waals surface area (Å²) in [5.74, 6) is 0.315. The van der Waals surface area contributed by atoms with E-state index in [0.29, 0.717) is 11.8 Å². The molecule has 2 heteroatoms. The van der Waals surface area contributed by atoms with Crippen molar-refractivity contribution in [3.63, 3.8) is 0 Å². The van der Waals surface area contributed by atoms with Crippen LogP contribution in [0, 0.1) is 6.92 Å². The van der Waals surface area contributed by atoms with Crippen molar-refractivity contribution in [2.45, 2.75) is 45.6 Å². The summed E-state index contributed by atoms with van der Waals surface area (Å²) in [4.78, 5) is 0. The molecule has 0 saturated carbocycles. The van der Waals surface area contributed by atoms with E-state index in [9.17, 15) is 5.11 Å². The highest BCUT2D eigenvalue weighted by atomic mass is 16.3. The molecule has 2 N–H and O–H groups in total. The highest BCUT2D eigenvalue weighted by molar-refractivity contribution is 5.53. The Bertz CT molecular complexity index is 590. The number of hydrogen-bond acceptors (Lipinski definition) is 2. The summed E-state index contributed by atoms with van der Waals surface area (Å²) < 4.78 is 0. The van der Waals surface area contributed by atoms with Crippen LogP contribution in [0.4, 0.5) is 5.69 Å². The van der Waals surface area contributed by atoms with E-state index in [1.807, 2.05) is 13.0 Å². The molecule has 0 heterocycles. The van der Waals surface area contributed by atoms with Gasteiger partial charge in [0, 0.05) is 11.7 Å². The highest BCUT2D eigenvalue weighted by Crippen LogP contribution is 2.30. The second kappa shape index (κ2) is 6.21. The Balaban J connectivity index is 2.06. The minimum atomic E-state index is 0.124. The first-order chi connectivity index (χ1) is 9.88. The minimum Gasteiger partial charge on any atom is -0.508 e. The lowest BCUT2D eigenvalue weighted by molar-refractivity contribution is 0.450. The average molecular weight is 283 g/mol. The predicted molar refractivity (Wildman–Crippen MR) is 90.0 cm³/mol. The van der Waals surface area contributed by atoms with Crippen LogP contribution >= 0.6 is 0 Å². The molecule has 0 amide bonds. The van der Waals surface area contributed by atoms with Gasteiger partial charge in [0.15, 0.2) is 0 Å². The van der Waals surface area contributed by atoms with Gasteiger partial charge in [-0.3, -0.25) is 0 Å². The molecule has 2 rings (SSSR count). The largest absolute Gasteiger partial charge is 0.508 e. The summed E-state index contributed by atoms with van der Waals surface area (Å²) in [5.41, 5.74) is 3.64. The quantitative estimate of drug-likeness (QED) is 0.767. The summed E-state index contributed by atoms with van der Waals surface area (Å²) >= 11 is 0. The zero-order valence-electron chi connectivity index (χ0n) is 13.4. The molecule has 0 aliphatic rings. The normalized spacial score (nSPS) is 13.0. The summed E-state index contributed by atoms with van der Waals surface area (Å²) in [6.07, 6.45) is 1.04. The minimum absolute atomic E-state index is 0.124. The third kappa shape index (κ3) is 4.01. The van der Waals surface area contributed by atoms with Crippen molar-refractivity contribution in [2.24, 2.45) is 0 Å². The molecule has 0 fully saturated rings. The first kappa shape index (κ1) is 15.4. The van der Waals surface area contributed by atoms with E-state index in [4.69, 9.17) is 0 Å². The lowest BCUT2D eigenvalue weighted by atomic mass is 9.79. The van der Waals surface area contributed by atoms with Crippen LogP contribution in [0.2, 0.25) is 0 Å². The van der Waals surface area contributed by atoms with E-state index in [-0.39, 0.29) is 5.41 Å². The number of hydrogen-bond donors (Lipinski definition) is 2. The van der Waals surface area contributed by atoms with Gasteiger partial charge in [0.2, 0.25) is 0 Å². The molecule has 0 bridgehead atoms. The van der Waals surface area contributed by atoms with Crippen molar-refractivity contribution < 1.29 is 5.11 Å². The molecule has 0 aliphatic carbocycles. The lowest BCUT2D eigenvalue weighted by Gasteiger charge is -2.30. The summed E-state index contributed by atoms with van der Waals surface area (Å²) in [6.45, 7) is 8.78. The highest BCUT2D eigenvalue weighted by Gasteiger charge is 2.23. The van der Waals surface area contributed by atoms with Gasteiger partial charge in [-0.1, -0.05) is 44.2 Å². The first-order valence-electron chi connectivity index (χ1n) is 7.50. The van der Waals surface area contributed by atoms with Crippen LogP contribution in [0.1, 0.15) is 38.3 Å². The number of benzene rings is 2. The van der Waals surface area contributed by atoms with Crippen molar-refractivity contribution in [2.75, 3.05) is 5.32 Å². The fraction of sp³-hybridized carbons (Fsp3) is 0.368. The maximum Gasteiger partial charge on any atom is 0.115 e. The molecule has 1 atom stereocenters. The Morgan fingerprint density at radius 3 is 2.38 bits per heavy atom. The van der Waals surface area contributed by atoms with Gasteiger partial charge in [0.1, 0.15) is 5.75 Å². The number of aryl methyl sites for hydroxylation is 1. The molecule has 0 aliphatic heterocycles. The molecule has 21 heavy (non-hydrogen) atoms. The topological polar surface area (TPSA) is 32.3 Å². The first-order valence-corrected chi connectivity index (χ1v) is 7.50. The van der Waals surface area contributed by atoms with Gasteiger partial charge in [0.25, 0.3) is 0 Å². The number of phenols is 1. The van der Waals surface area contributed by atoms with E-state index in [2.05, 4.69) is 56.4 Å². The van der Waals surface area contributed by atoms with Gasteiger partial charge in [-0.15, -0.1) is 0 Å². The molecule has 2 nitrogen and oxygen atoms in total. The molecule has 0 spiro atoms. The Morgan fingerprint density at radius 1 is 1.10 bits per heavy atom. The second-order valence-corrected chi connectivity index (χ2v) is 6.50. The molecule has 2 aromatic carbocycles. The van der Waals surface area contributed by atoms with Gasteiger partial charge in [-0.05, 0) is 55.0 Å². The Morgan fingerprint density at radius 2 is 1.76 bits per heavy atom. The molecular weight excluding hydrogens is 258 g/mol. The molecule has 2 aromatic rings. The number of phenolic OH excluding ortho intramolecular Hbond substituents is 1. The Hall–Kier alpha value is -1.96. The molecule has 112 valence electrons. The van der Waals surface area contributed by atoms with E-state index in [0.717, 1.165) is 17.7 Å². The van der Waals surface area contributed by atoms with E-state index >= 15 is 0 Å². The zero-order valence-corrected chi connectivity index (χ0v) is 13.4. The third-order valence-corrected chi connectivity index (χ3v) is 3.98. The average Bonchev–Trinajstić information content (AvgIpc) is 2.42. The maximum absolute atomic E-state index is 9.48. The standard InChI is InChI=1S/C19H25NO/c1-14-12-17(21)10-11-18(14)20-15(2)13-19(3,4)16-8-6-5-7-9-16/h5-12,15,20-21H,13H2,1-4H3. The molecular formula is C19H25NO. The Labute approximate surface area is 127 Å². The van der Waals surface area contributed by atoms with Crippen molar-refractivity contribution in [3.05, 3.63) is 59.7 Å².